The Morgan fingerprint density at radius 2 is 2.05 bits per heavy atom. The van der Waals surface area contributed by atoms with Gasteiger partial charge in [-0.1, -0.05) is 24.3 Å². The lowest BCUT2D eigenvalue weighted by Crippen LogP contribution is -2.17. The molecule has 3 nitrogen and oxygen atoms in total. The predicted octanol–water partition coefficient (Wildman–Crippen LogP) is 3.81. The van der Waals surface area contributed by atoms with E-state index in [1.54, 1.807) is 18.2 Å². The molecule has 108 valence electrons. The van der Waals surface area contributed by atoms with Crippen LogP contribution in [-0.2, 0) is 11.2 Å². The second-order valence-electron chi connectivity index (χ2n) is 5.56. The van der Waals surface area contributed by atoms with Gasteiger partial charge in [0.15, 0.2) is 0 Å². The maximum absolute atomic E-state index is 12.4. The van der Waals surface area contributed by atoms with E-state index in [1.807, 2.05) is 19.1 Å². The zero-order valence-electron chi connectivity index (χ0n) is 12.1. The number of fused-ring (bicyclic) bond motifs is 1. The molecule has 0 bridgehead atoms. The summed E-state index contributed by atoms with van der Waals surface area (Å²) in [6.07, 6.45) is 2.86. The number of anilines is 1. The molecular formula is C18H19NO2. The summed E-state index contributed by atoms with van der Waals surface area (Å²) in [5, 5.41) is 0. The van der Waals surface area contributed by atoms with Crippen LogP contribution in [0.3, 0.4) is 0 Å². The van der Waals surface area contributed by atoms with Crippen LogP contribution in [0.25, 0.3) is 0 Å². The fourth-order valence-electron chi connectivity index (χ4n) is 2.94. The first-order chi connectivity index (χ1) is 10.1. The Hall–Kier alpha value is -2.29. The Labute approximate surface area is 124 Å². The quantitative estimate of drug-likeness (QED) is 0.672. The Kier molecular flexibility index (Phi) is 3.65. The van der Waals surface area contributed by atoms with Gasteiger partial charge in [0.1, 0.15) is 6.10 Å². The van der Waals surface area contributed by atoms with Crippen LogP contribution in [0.5, 0.6) is 0 Å². The van der Waals surface area contributed by atoms with Crippen molar-refractivity contribution in [2.45, 2.75) is 32.3 Å². The number of nitrogen functional groups attached to an aromatic ring is 1. The molecular weight excluding hydrogens is 262 g/mol. The molecule has 0 fully saturated rings. The van der Waals surface area contributed by atoms with Gasteiger partial charge in [-0.25, -0.2) is 4.79 Å². The maximum atomic E-state index is 12.4. The summed E-state index contributed by atoms with van der Waals surface area (Å²) in [6, 6.07) is 13.5. The van der Waals surface area contributed by atoms with Gasteiger partial charge in [-0.15, -0.1) is 0 Å². The van der Waals surface area contributed by atoms with Crippen molar-refractivity contribution in [1.82, 2.24) is 0 Å². The normalized spacial score (nSPS) is 17.1. The molecule has 1 aliphatic rings. The molecule has 0 heterocycles. The number of carbonyl (C=O) groups is 1. The van der Waals surface area contributed by atoms with E-state index in [2.05, 4.69) is 12.1 Å². The molecule has 1 unspecified atom stereocenters. The van der Waals surface area contributed by atoms with Gasteiger partial charge in [-0.05, 0) is 61.1 Å². The Bertz CT molecular complexity index is 679. The molecule has 0 aliphatic heterocycles. The van der Waals surface area contributed by atoms with Crippen molar-refractivity contribution in [3.63, 3.8) is 0 Å². The van der Waals surface area contributed by atoms with Gasteiger partial charge >= 0.3 is 5.97 Å². The molecule has 3 rings (SSSR count). The van der Waals surface area contributed by atoms with Crippen molar-refractivity contribution < 1.29 is 9.53 Å². The number of benzene rings is 2. The van der Waals surface area contributed by atoms with Gasteiger partial charge in [0.25, 0.3) is 0 Å². The number of esters is 1. The second-order valence-corrected chi connectivity index (χ2v) is 5.56. The highest BCUT2D eigenvalue weighted by molar-refractivity contribution is 5.91. The molecule has 2 aromatic carbocycles. The molecule has 2 aromatic rings. The summed E-state index contributed by atoms with van der Waals surface area (Å²) in [5.74, 6) is -0.269. The number of hydrogen-bond acceptors (Lipinski definition) is 3. The van der Waals surface area contributed by atoms with E-state index in [-0.39, 0.29) is 12.1 Å². The van der Waals surface area contributed by atoms with Crippen LogP contribution in [0.1, 0.15) is 46.0 Å². The topological polar surface area (TPSA) is 52.3 Å². The second kappa shape index (κ2) is 5.60. The lowest BCUT2D eigenvalue weighted by molar-refractivity contribution is 0.0255. The highest BCUT2D eigenvalue weighted by atomic mass is 16.5. The Balaban J connectivity index is 1.83. The Morgan fingerprint density at radius 1 is 1.24 bits per heavy atom. The lowest BCUT2D eigenvalue weighted by Gasteiger charge is -2.25. The molecule has 3 heteroatoms. The Morgan fingerprint density at radius 3 is 2.86 bits per heavy atom. The van der Waals surface area contributed by atoms with Crippen molar-refractivity contribution in [2.24, 2.45) is 0 Å². The smallest absolute Gasteiger partial charge is 0.339 e. The predicted molar refractivity (Wildman–Crippen MR) is 83.1 cm³/mol. The molecule has 0 saturated carbocycles. The summed E-state index contributed by atoms with van der Waals surface area (Å²) >= 11 is 0. The van der Waals surface area contributed by atoms with E-state index in [4.69, 9.17) is 10.5 Å². The van der Waals surface area contributed by atoms with Gasteiger partial charge in [0.05, 0.1) is 5.56 Å². The number of nitrogens with two attached hydrogens (primary N) is 1. The molecule has 0 amide bonds. The highest BCUT2D eigenvalue weighted by Crippen LogP contribution is 2.33. The molecule has 1 aliphatic carbocycles. The van der Waals surface area contributed by atoms with Gasteiger partial charge in [0, 0.05) is 5.69 Å². The minimum Gasteiger partial charge on any atom is -0.454 e. The first-order valence-corrected chi connectivity index (χ1v) is 7.30. The summed E-state index contributed by atoms with van der Waals surface area (Å²) in [4.78, 5) is 12.4. The highest BCUT2D eigenvalue weighted by Gasteiger charge is 2.24. The van der Waals surface area contributed by atoms with Crippen molar-refractivity contribution in [3.05, 3.63) is 64.7 Å². The fourth-order valence-corrected chi connectivity index (χ4v) is 2.94. The van der Waals surface area contributed by atoms with Gasteiger partial charge in [-0.3, -0.25) is 0 Å². The number of carbonyl (C=O) groups excluding carboxylic acids is 1. The number of aryl methyl sites for hydroxylation is 2. The van der Waals surface area contributed by atoms with Crippen molar-refractivity contribution >= 4 is 11.7 Å². The third-order valence-electron chi connectivity index (χ3n) is 4.03. The van der Waals surface area contributed by atoms with Crippen LogP contribution in [0.2, 0.25) is 0 Å². The summed E-state index contributed by atoms with van der Waals surface area (Å²) < 4.78 is 5.74. The van der Waals surface area contributed by atoms with E-state index in [1.165, 1.54) is 5.56 Å². The minimum absolute atomic E-state index is 0.139. The van der Waals surface area contributed by atoms with Gasteiger partial charge in [0.2, 0.25) is 0 Å². The maximum Gasteiger partial charge on any atom is 0.339 e. The first kappa shape index (κ1) is 13.7. The van der Waals surface area contributed by atoms with E-state index in [0.29, 0.717) is 11.3 Å². The van der Waals surface area contributed by atoms with Crippen LogP contribution < -0.4 is 5.73 Å². The van der Waals surface area contributed by atoms with Crippen LogP contribution in [0.15, 0.2) is 42.5 Å². The zero-order chi connectivity index (χ0) is 14.8. The third kappa shape index (κ3) is 2.77. The number of rotatable bonds is 2. The largest absolute Gasteiger partial charge is 0.454 e. The molecule has 1 atom stereocenters. The number of hydrogen-bond donors (Lipinski definition) is 1. The van der Waals surface area contributed by atoms with Crippen LogP contribution >= 0.6 is 0 Å². The molecule has 21 heavy (non-hydrogen) atoms. The van der Waals surface area contributed by atoms with E-state index in [0.717, 1.165) is 30.4 Å². The van der Waals surface area contributed by atoms with Gasteiger partial charge in [-0.2, -0.15) is 0 Å². The average Bonchev–Trinajstić information content (AvgIpc) is 2.47. The monoisotopic (exact) mass is 281 g/mol. The molecule has 0 aromatic heterocycles. The van der Waals surface area contributed by atoms with E-state index in [9.17, 15) is 4.79 Å². The zero-order valence-corrected chi connectivity index (χ0v) is 12.1. The SMILES string of the molecule is Cc1cc(N)ccc1C(=O)OC1CCCc2ccccc21. The first-order valence-electron chi connectivity index (χ1n) is 7.30. The van der Waals surface area contributed by atoms with Crippen LogP contribution in [-0.4, -0.2) is 5.97 Å². The van der Waals surface area contributed by atoms with Crippen LogP contribution in [0, 0.1) is 6.92 Å². The van der Waals surface area contributed by atoms with Gasteiger partial charge < -0.3 is 10.5 Å². The van der Waals surface area contributed by atoms with Crippen molar-refractivity contribution in [1.29, 1.82) is 0 Å². The van der Waals surface area contributed by atoms with E-state index >= 15 is 0 Å². The lowest BCUT2D eigenvalue weighted by atomic mass is 9.89. The number of ether oxygens (including phenoxy) is 1. The fraction of sp³-hybridized carbons (Fsp3) is 0.278. The summed E-state index contributed by atoms with van der Waals surface area (Å²) in [6.45, 7) is 1.88. The molecule has 0 saturated heterocycles. The van der Waals surface area contributed by atoms with Crippen LogP contribution in [0.4, 0.5) is 5.69 Å². The third-order valence-corrected chi connectivity index (χ3v) is 4.03. The van der Waals surface area contributed by atoms with E-state index < -0.39 is 0 Å². The molecule has 0 radical (unpaired) electrons. The summed E-state index contributed by atoms with van der Waals surface area (Å²) in [7, 11) is 0. The molecule has 0 spiro atoms. The molecule has 2 N–H and O–H groups in total. The average molecular weight is 281 g/mol. The summed E-state index contributed by atoms with van der Waals surface area (Å²) in [5.41, 5.74) is 10.3. The standard InChI is InChI=1S/C18H19NO2/c1-12-11-14(19)9-10-15(12)18(20)21-17-8-4-6-13-5-2-3-7-16(13)17/h2-3,5,7,9-11,17H,4,6,8,19H2,1H3. The minimum atomic E-state index is -0.269. The van der Waals surface area contributed by atoms with Crippen molar-refractivity contribution in [2.75, 3.05) is 5.73 Å². The van der Waals surface area contributed by atoms with Crippen molar-refractivity contribution in [3.8, 4) is 0 Å².